The number of halogens is 1. The summed E-state index contributed by atoms with van der Waals surface area (Å²) in [7, 11) is -4.41. The van der Waals surface area contributed by atoms with Gasteiger partial charge in [0.2, 0.25) is 0 Å². The summed E-state index contributed by atoms with van der Waals surface area (Å²) in [4.78, 5) is 26.6. The summed E-state index contributed by atoms with van der Waals surface area (Å²) in [6.45, 7) is 9.95. The number of ether oxygens (including phenoxy) is 2. The molecule has 33 heavy (non-hydrogen) atoms. The molecule has 0 spiro atoms. The minimum Gasteiger partial charge on any atom is -0.456 e. The van der Waals surface area contributed by atoms with E-state index >= 15 is 0 Å². The largest absolute Gasteiger partial charge is 0.456 e. The van der Waals surface area contributed by atoms with Gasteiger partial charge in [-0.3, -0.25) is 5.10 Å². The van der Waals surface area contributed by atoms with Gasteiger partial charge in [0.15, 0.2) is 0 Å². The van der Waals surface area contributed by atoms with Crippen molar-refractivity contribution in [3.63, 3.8) is 0 Å². The van der Waals surface area contributed by atoms with Crippen molar-refractivity contribution in [2.45, 2.75) is 57.0 Å². The standard InChI is InChI=1S/C21H24IN3O6S2/c1-20(2,3)30-18(26)16-13(10-9-12-15(16)17(22)24-23-12)25(19(27)31-21(4,5)6)33(28,29)14-8-7-11-32-14/h7-11H,1-6H3,(H,23,24). The number of fused-ring (bicyclic) bond motifs is 1. The van der Waals surface area contributed by atoms with E-state index in [1.807, 2.05) is 22.6 Å². The molecule has 0 saturated heterocycles. The number of nitrogens with one attached hydrogen (secondary N) is 1. The number of rotatable bonds is 4. The Kier molecular flexibility index (Phi) is 6.84. The predicted octanol–water partition coefficient (Wildman–Crippen LogP) is 5.31. The third-order valence-electron chi connectivity index (χ3n) is 4.03. The Hall–Kier alpha value is -2.19. The fraction of sp³-hybridized carbons (Fsp3) is 0.381. The van der Waals surface area contributed by atoms with Gasteiger partial charge in [-0.15, -0.1) is 11.3 Å². The van der Waals surface area contributed by atoms with Crippen molar-refractivity contribution >= 4 is 72.6 Å². The molecule has 3 rings (SSSR count). The van der Waals surface area contributed by atoms with Crippen molar-refractivity contribution in [1.29, 1.82) is 0 Å². The number of sulfonamides is 1. The third-order valence-corrected chi connectivity index (χ3v) is 7.86. The fourth-order valence-electron chi connectivity index (χ4n) is 2.90. The minimum atomic E-state index is -4.41. The second-order valence-electron chi connectivity index (χ2n) is 9.08. The van der Waals surface area contributed by atoms with Crippen molar-refractivity contribution < 1.29 is 27.5 Å². The molecule has 0 fully saturated rings. The molecule has 3 aromatic rings. The van der Waals surface area contributed by atoms with Crippen LogP contribution in [0.2, 0.25) is 0 Å². The highest BCUT2D eigenvalue weighted by Gasteiger charge is 2.39. The van der Waals surface area contributed by atoms with Crippen LogP contribution >= 0.6 is 33.9 Å². The molecule has 1 N–H and O–H groups in total. The Morgan fingerprint density at radius 1 is 1.06 bits per heavy atom. The number of carbonyl (C=O) groups excluding carboxylic acids is 2. The molecule has 1 amide bonds. The number of thiophene rings is 1. The fourth-order valence-corrected chi connectivity index (χ4v) is 5.96. The number of benzene rings is 1. The molecule has 2 aromatic heterocycles. The second-order valence-corrected chi connectivity index (χ2v) is 13.1. The first-order chi connectivity index (χ1) is 15.1. The van der Waals surface area contributed by atoms with Crippen LogP contribution in [0.25, 0.3) is 10.9 Å². The maximum atomic E-state index is 13.6. The average Bonchev–Trinajstić information content (AvgIpc) is 3.29. The number of aromatic amines is 1. The molecule has 0 aliphatic heterocycles. The number of carbonyl (C=O) groups is 2. The van der Waals surface area contributed by atoms with E-state index in [1.54, 1.807) is 53.0 Å². The van der Waals surface area contributed by atoms with Gasteiger partial charge in [-0.2, -0.15) is 17.8 Å². The number of esters is 1. The normalized spacial score (nSPS) is 12.6. The number of anilines is 1. The molecule has 12 heteroatoms. The highest BCUT2D eigenvalue weighted by molar-refractivity contribution is 14.1. The lowest BCUT2D eigenvalue weighted by atomic mass is 10.1. The van der Waals surface area contributed by atoms with Crippen LogP contribution in [0.5, 0.6) is 0 Å². The van der Waals surface area contributed by atoms with E-state index < -0.39 is 33.3 Å². The molecule has 2 heterocycles. The van der Waals surface area contributed by atoms with Crippen LogP contribution in [0.15, 0.2) is 33.9 Å². The summed E-state index contributed by atoms with van der Waals surface area (Å²) in [5.74, 6) is -0.794. The van der Waals surface area contributed by atoms with Gasteiger partial charge in [0.05, 0.1) is 16.8 Å². The summed E-state index contributed by atoms with van der Waals surface area (Å²) in [5, 5.41) is 8.86. The summed E-state index contributed by atoms with van der Waals surface area (Å²) in [6.07, 6.45) is -1.14. The number of hydrogen-bond acceptors (Lipinski definition) is 8. The zero-order chi connectivity index (χ0) is 24.8. The molecule has 0 aliphatic carbocycles. The van der Waals surface area contributed by atoms with Gasteiger partial charge >= 0.3 is 12.1 Å². The van der Waals surface area contributed by atoms with Gasteiger partial charge in [-0.05, 0) is 87.7 Å². The third kappa shape index (κ3) is 5.49. The molecule has 0 aliphatic rings. The van der Waals surface area contributed by atoms with Crippen LogP contribution in [-0.2, 0) is 19.5 Å². The van der Waals surface area contributed by atoms with Gasteiger partial charge < -0.3 is 9.47 Å². The molecule has 1 aromatic carbocycles. The molecule has 0 radical (unpaired) electrons. The first-order valence-electron chi connectivity index (χ1n) is 9.83. The Bertz CT molecular complexity index is 1300. The molecular weight excluding hydrogens is 581 g/mol. The van der Waals surface area contributed by atoms with E-state index in [4.69, 9.17) is 9.47 Å². The average molecular weight is 605 g/mol. The Labute approximate surface area is 209 Å². The zero-order valence-corrected chi connectivity index (χ0v) is 22.7. The Morgan fingerprint density at radius 2 is 1.70 bits per heavy atom. The van der Waals surface area contributed by atoms with Crippen LogP contribution in [0.1, 0.15) is 51.9 Å². The molecule has 0 bridgehead atoms. The number of amides is 1. The van der Waals surface area contributed by atoms with Crippen molar-refractivity contribution in [3.05, 3.63) is 38.9 Å². The first-order valence-corrected chi connectivity index (χ1v) is 13.2. The maximum absolute atomic E-state index is 13.6. The number of aromatic nitrogens is 2. The lowest BCUT2D eigenvalue weighted by molar-refractivity contribution is 0.00728. The number of hydrogen-bond donors (Lipinski definition) is 1. The number of nitrogens with zero attached hydrogens (tertiary/aromatic N) is 2. The molecule has 0 unspecified atom stereocenters. The lowest BCUT2D eigenvalue weighted by Crippen LogP contribution is -2.41. The summed E-state index contributed by atoms with van der Waals surface area (Å²) in [5.41, 5.74) is -1.72. The summed E-state index contributed by atoms with van der Waals surface area (Å²) in [6, 6.07) is 5.82. The van der Waals surface area contributed by atoms with Crippen molar-refractivity contribution in [1.82, 2.24) is 10.2 Å². The van der Waals surface area contributed by atoms with E-state index in [0.29, 0.717) is 18.9 Å². The first kappa shape index (κ1) is 25.4. The van der Waals surface area contributed by atoms with Crippen LogP contribution in [0, 0.1) is 3.70 Å². The van der Waals surface area contributed by atoms with Crippen LogP contribution in [0.3, 0.4) is 0 Å². The highest BCUT2D eigenvalue weighted by Crippen LogP contribution is 2.37. The Morgan fingerprint density at radius 3 is 2.24 bits per heavy atom. The van der Waals surface area contributed by atoms with E-state index in [1.165, 1.54) is 18.2 Å². The topological polar surface area (TPSA) is 119 Å². The minimum absolute atomic E-state index is 0.0783. The quantitative estimate of drug-likeness (QED) is 0.316. The van der Waals surface area contributed by atoms with Gasteiger partial charge in [-0.25, -0.2) is 9.59 Å². The molecule has 178 valence electrons. The monoisotopic (exact) mass is 605 g/mol. The van der Waals surface area contributed by atoms with E-state index in [0.717, 1.165) is 11.3 Å². The predicted molar refractivity (Wildman–Crippen MR) is 134 cm³/mol. The van der Waals surface area contributed by atoms with E-state index in [-0.39, 0.29) is 15.5 Å². The summed E-state index contributed by atoms with van der Waals surface area (Å²) < 4.78 is 39.1. The van der Waals surface area contributed by atoms with Crippen molar-refractivity contribution in [2.24, 2.45) is 0 Å². The van der Waals surface area contributed by atoms with E-state index in [9.17, 15) is 18.0 Å². The SMILES string of the molecule is CC(C)(C)OC(=O)c1c(N(C(=O)OC(C)(C)C)S(=O)(=O)c2cccs2)ccc2n[nH]c(I)c12. The highest BCUT2D eigenvalue weighted by atomic mass is 127. The van der Waals surface area contributed by atoms with Crippen molar-refractivity contribution in [2.75, 3.05) is 4.31 Å². The van der Waals surface area contributed by atoms with Crippen LogP contribution < -0.4 is 4.31 Å². The van der Waals surface area contributed by atoms with Gasteiger partial charge in [0, 0.05) is 5.39 Å². The second kappa shape index (κ2) is 8.87. The zero-order valence-electron chi connectivity index (χ0n) is 18.9. The number of H-pyrrole nitrogens is 1. The summed E-state index contributed by atoms with van der Waals surface area (Å²) >= 11 is 2.90. The molecule has 0 atom stereocenters. The molecular formula is C21H24IN3O6S2. The van der Waals surface area contributed by atoms with Crippen LogP contribution in [-0.4, -0.2) is 41.9 Å². The lowest BCUT2D eigenvalue weighted by Gasteiger charge is -2.28. The Balaban J connectivity index is 2.34. The smallest absolute Gasteiger partial charge is 0.429 e. The van der Waals surface area contributed by atoms with E-state index in [2.05, 4.69) is 10.2 Å². The van der Waals surface area contributed by atoms with Crippen LogP contribution in [0.4, 0.5) is 10.5 Å². The van der Waals surface area contributed by atoms with Gasteiger partial charge in [0.1, 0.15) is 19.1 Å². The van der Waals surface area contributed by atoms with Gasteiger partial charge in [0.25, 0.3) is 10.0 Å². The maximum Gasteiger partial charge on any atom is 0.429 e. The van der Waals surface area contributed by atoms with Crippen molar-refractivity contribution in [3.8, 4) is 0 Å². The molecule has 9 nitrogen and oxygen atoms in total. The molecule has 0 saturated carbocycles. The van der Waals surface area contributed by atoms with Gasteiger partial charge in [-0.1, -0.05) is 6.07 Å².